The van der Waals surface area contributed by atoms with Crippen LogP contribution in [0, 0.1) is 5.92 Å². The lowest BCUT2D eigenvalue weighted by molar-refractivity contribution is -0.141. The van der Waals surface area contributed by atoms with Gasteiger partial charge in [-0.3, -0.25) is 9.59 Å². The molecule has 0 saturated heterocycles. The van der Waals surface area contributed by atoms with E-state index in [-0.39, 0.29) is 31.6 Å². The molecule has 1 aromatic rings. The Morgan fingerprint density at radius 2 is 2.04 bits per heavy atom. The molecule has 132 valence electrons. The number of hydrogen-bond acceptors (Lipinski definition) is 4. The topological polar surface area (TPSA) is 108 Å². The van der Waals surface area contributed by atoms with Gasteiger partial charge in [0.25, 0.3) is 0 Å². The van der Waals surface area contributed by atoms with E-state index in [1.165, 1.54) is 25.8 Å². The molecule has 3 amide bonds. The second-order valence-corrected chi connectivity index (χ2v) is 5.41. The molecule has 0 aliphatic heterocycles. The smallest absolute Gasteiger partial charge is 0.317 e. The molecular formula is C16H23N3O5. The molecule has 0 bridgehead atoms. The highest BCUT2D eigenvalue weighted by molar-refractivity contribution is 5.88. The zero-order chi connectivity index (χ0) is 18.1. The molecule has 0 fully saturated rings. The molecule has 0 saturated carbocycles. The van der Waals surface area contributed by atoms with E-state index in [9.17, 15) is 14.4 Å². The highest BCUT2D eigenvalue weighted by atomic mass is 16.5. The van der Waals surface area contributed by atoms with Crippen LogP contribution in [0.3, 0.4) is 0 Å². The first-order chi connectivity index (χ1) is 11.3. The predicted octanol–water partition coefficient (Wildman–Crippen LogP) is 1.39. The molecule has 8 heteroatoms. The van der Waals surface area contributed by atoms with E-state index in [0.717, 1.165) is 0 Å². The molecular weight excluding hydrogens is 314 g/mol. The normalized spacial score (nSPS) is 11.3. The highest BCUT2D eigenvalue weighted by Crippen LogP contribution is 2.17. The van der Waals surface area contributed by atoms with Crippen molar-refractivity contribution in [1.82, 2.24) is 10.2 Å². The average molecular weight is 337 g/mol. The number of benzene rings is 1. The van der Waals surface area contributed by atoms with Gasteiger partial charge < -0.3 is 25.4 Å². The van der Waals surface area contributed by atoms with Crippen molar-refractivity contribution in [3.05, 3.63) is 24.3 Å². The molecule has 1 aromatic carbocycles. The lowest BCUT2D eigenvalue weighted by Crippen LogP contribution is -2.42. The van der Waals surface area contributed by atoms with Crippen LogP contribution in [0.5, 0.6) is 5.75 Å². The van der Waals surface area contributed by atoms with Crippen molar-refractivity contribution >= 4 is 23.6 Å². The molecule has 0 aliphatic carbocycles. The Hall–Kier alpha value is -2.77. The number of rotatable bonds is 8. The van der Waals surface area contributed by atoms with Gasteiger partial charge in [-0.05, 0) is 12.1 Å². The number of carboxylic acid groups (broad SMARTS) is 1. The number of carbonyl (C=O) groups excluding carboxylic acids is 2. The number of anilines is 1. The Morgan fingerprint density at radius 3 is 2.67 bits per heavy atom. The van der Waals surface area contributed by atoms with Gasteiger partial charge in [0.2, 0.25) is 5.91 Å². The maximum atomic E-state index is 11.8. The van der Waals surface area contributed by atoms with E-state index >= 15 is 0 Å². The number of urea groups is 1. The third-order valence-electron chi connectivity index (χ3n) is 3.12. The molecule has 8 nitrogen and oxygen atoms in total. The van der Waals surface area contributed by atoms with E-state index in [0.29, 0.717) is 11.4 Å². The van der Waals surface area contributed by atoms with E-state index in [4.69, 9.17) is 9.84 Å². The van der Waals surface area contributed by atoms with E-state index in [1.807, 2.05) is 0 Å². The van der Waals surface area contributed by atoms with E-state index in [2.05, 4.69) is 10.6 Å². The quantitative estimate of drug-likeness (QED) is 0.621. The fraction of sp³-hybridized carbons (Fsp3) is 0.438. The minimum absolute atomic E-state index is 0.126. The number of amides is 3. The summed E-state index contributed by atoms with van der Waals surface area (Å²) in [7, 11) is 1.53. The summed E-state index contributed by atoms with van der Waals surface area (Å²) in [5, 5.41) is 14.1. The molecule has 0 aliphatic rings. The van der Waals surface area contributed by atoms with Gasteiger partial charge in [-0.1, -0.05) is 13.0 Å². The summed E-state index contributed by atoms with van der Waals surface area (Å²) in [6.45, 7) is 3.61. The van der Waals surface area contributed by atoms with Gasteiger partial charge in [-0.2, -0.15) is 0 Å². The average Bonchev–Trinajstić information content (AvgIpc) is 2.50. The molecule has 0 aromatic heterocycles. The molecule has 1 atom stereocenters. The van der Waals surface area contributed by atoms with Crippen molar-refractivity contribution in [2.45, 2.75) is 13.8 Å². The lowest BCUT2D eigenvalue weighted by atomic mass is 10.2. The maximum absolute atomic E-state index is 11.8. The Labute approximate surface area is 140 Å². The van der Waals surface area contributed by atoms with Crippen LogP contribution in [0.2, 0.25) is 0 Å². The zero-order valence-corrected chi connectivity index (χ0v) is 14.0. The number of nitrogens with zero attached hydrogens (tertiary/aromatic N) is 1. The summed E-state index contributed by atoms with van der Waals surface area (Å²) >= 11 is 0. The maximum Gasteiger partial charge on any atom is 0.317 e. The molecule has 0 spiro atoms. The molecule has 3 N–H and O–H groups in total. The largest absolute Gasteiger partial charge is 0.492 e. The van der Waals surface area contributed by atoms with Gasteiger partial charge in [-0.25, -0.2) is 4.79 Å². The van der Waals surface area contributed by atoms with E-state index in [1.54, 1.807) is 24.3 Å². The minimum Gasteiger partial charge on any atom is -0.492 e. The number of hydrogen-bond donors (Lipinski definition) is 3. The first kappa shape index (κ1) is 19.3. The predicted molar refractivity (Wildman–Crippen MR) is 89.1 cm³/mol. The summed E-state index contributed by atoms with van der Waals surface area (Å²) in [6.07, 6.45) is 0. The van der Waals surface area contributed by atoms with Crippen LogP contribution in [-0.4, -0.2) is 54.7 Å². The molecule has 1 rings (SSSR count). The van der Waals surface area contributed by atoms with Crippen LogP contribution >= 0.6 is 0 Å². The van der Waals surface area contributed by atoms with Gasteiger partial charge in [0.15, 0.2) is 0 Å². The monoisotopic (exact) mass is 337 g/mol. The first-order valence-corrected chi connectivity index (χ1v) is 7.52. The van der Waals surface area contributed by atoms with Crippen molar-refractivity contribution in [2.24, 2.45) is 5.92 Å². The second kappa shape index (κ2) is 9.39. The Bertz CT molecular complexity index is 591. The SMILES string of the molecule is CC(=O)Nc1cccc(OCCNC(=O)N(C)CC(C)C(=O)O)c1. The Morgan fingerprint density at radius 1 is 1.33 bits per heavy atom. The standard InChI is InChI=1S/C16H23N3O5/c1-11(15(21)22)10-19(3)16(23)17-7-8-24-14-6-4-5-13(9-14)18-12(2)20/h4-6,9,11H,7-8,10H2,1-3H3,(H,17,23)(H,18,20)(H,21,22). The first-order valence-electron chi connectivity index (χ1n) is 7.52. The van der Waals surface area contributed by atoms with Gasteiger partial charge in [0, 0.05) is 32.3 Å². The lowest BCUT2D eigenvalue weighted by Gasteiger charge is -2.20. The van der Waals surface area contributed by atoms with Crippen LogP contribution in [0.4, 0.5) is 10.5 Å². The number of aliphatic carboxylic acids is 1. The van der Waals surface area contributed by atoms with Crippen LogP contribution in [-0.2, 0) is 9.59 Å². The Kier molecular flexibility index (Phi) is 7.54. The van der Waals surface area contributed by atoms with Crippen LogP contribution in [0.15, 0.2) is 24.3 Å². The van der Waals surface area contributed by atoms with Crippen molar-refractivity contribution in [1.29, 1.82) is 0 Å². The van der Waals surface area contributed by atoms with Gasteiger partial charge in [0.1, 0.15) is 12.4 Å². The Balaban J connectivity index is 2.34. The van der Waals surface area contributed by atoms with Crippen LogP contribution in [0.25, 0.3) is 0 Å². The zero-order valence-electron chi connectivity index (χ0n) is 14.0. The van der Waals surface area contributed by atoms with Crippen molar-refractivity contribution in [3.8, 4) is 5.75 Å². The highest BCUT2D eigenvalue weighted by Gasteiger charge is 2.16. The molecule has 1 unspecified atom stereocenters. The second-order valence-electron chi connectivity index (χ2n) is 5.41. The van der Waals surface area contributed by atoms with Gasteiger partial charge in [0.05, 0.1) is 12.5 Å². The summed E-state index contributed by atoms with van der Waals surface area (Å²) in [4.78, 5) is 34.9. The van der Waals surface area contributed by atoms with Crippen molar-refractivity contribution < 1.29 is 24.2 Å². The van der Waals surface area contributed by atoms with Crippen LogP contribution < -0.4 is 15.4 Å². The fourth-order valence-corrected chi connectivity index (χ4v) is 1.90. The summed E-state index contributed by atoms with van der Waals surface area (Å²) < 4.78 is 5.50. The third kappa shape index (κ3) is 6.99. The summed E-state index contributed by atoms with van der Waals surface area (Å²) in [6, 6.07) is 6.56. The molecule has 0 heterocycles. The summed E-state index contributed by atoms with van der Waals surface area (Å²) in [5.41, 5.74) is 0.631. The van der Waals surface area contributed by atoms with Crippen molar-refractivity contribution in [2.75, 3.05) is 32.1 Å². The van der Waals surface area contributed by atoms with Crippen molar-refractivity contribution in [3.63, 3.8) is 0 Å². The third-order valence-corrected chi connectivity index (χ3v) is 3.12. The number of ether oxygens (including phenoxy) is 1. The molecule has 24 heavy (non-hydrogen) atoms. The van der Waals surface area contributed by atoms with Gasteiger partial charge in [-0.15, -0.1) is 0 Å². The fourth-order valence-electron chi connectivity index (χ4n) is 1.90. The molecule has 0 radical (unpaired) electrons. The van der Waals surface area contributed by atoms with Gasteiger partial charge >= 0.3 is 12.0 Å². The van der Waals surface area contributed by atoms with Crippen LogP contribution in [0.1, 0.15) is 13.8 Å². The number of carboxylic acids is 1. The summed E-state index contributed by atoms with van der Waals surface area (Å²) in [5.74, 6) is -1.17. The number of nitrogens with one attached hydrogen (secondary N) is 2. The van der Waals surface area contributed by atoms with E-state index < -0.39 is 11.9 Å². The minimum atomic E-state index is -0.947. The number of carbonyl (C=O) groups is 3.